The van der Waals surface area contributed by atoms with Crippen LogP contribution in [0.3, 0.4) is 0 Å². The van der Waals surface area contributed by atoms with Crippen LogP contribution in [0.2, 0.25) is 0 Å². The van der Waals surface area contributed by atoms with Gasteiger partial charge in [0.2, 0.25) is 11.8 Å². The van der Waals surface area contributed by atoms with Crippen molar-refractivity contribution < 1.29 is 14.4 Å². The molecule has 0 atom stereocenters. The van der Waals surface area contributed by atoms with E-state index in [2.05, 4.69) is 10.6 Å². The second-order valence-electron chi connectivity index (χ2n) is 7.64. The first-order chi connectivity index (χ1) is 14.3. The molecule has 3 aromatic rings. The van der Waals surface area contributed by atoms with Crippen molar-refractivity contribution in [1.82, 2.24) is 4.57 Å². The molecule has 0 radical (unpaired) electrons. The Hall–Kier alpha value is -3.61. The van der Waals surface area contributed by atoms with E-state index in [1.54, 1.807) is 29.2 Å². The fraction of sp³-hybridized carbons (Fsp3) is 0.261. The van der Waals surface area contributed by atoms with Crippen LogP contribution in [0.15, 0.2) is 42.5 Å². The monoisotopic (exact) mass is 404 g/mol. The van der Waals surface area contributed by atoms with E-state index in [4.69, 9.17) is 0 Å². The SMILES string of the molecule is CC(=O)Nc1ccc(NC(=O)c2c(N3CCCC3=O)c3cc(C)ccc3n2C)cc1. The molecule has 2 heterocycles. The Labute approximate surface area is 174 Å². The van der Waals surface area contributed by atoms with Gasteiger partial charge < -0.3 is 20.1 Å². The third kappa shape index (κ3) is 3.54. The second kappa shape index (κ2) is 7.67. The molecule has 1 aliphatic heterocycles. The summed E-state index contributed by atoms with van der Waals surface area (Å²) in [5.74, 6) is -0.399. The first-order valence-corrected chi connectivity index (χ1v) is 9.93. The number of aromatic nitrogens is 1. The number of benzene rings is 2. The van der Waals surface area contributed by atoms with Crippen molar-refractivity contribution in [2.75, 3.05) is 22.1 Å². The first kappa shape index (κ1) is 19.7. The smallest absolute Gasteiger partial charge is 0.274 e. The van der Waals surface area contributed by atoms with Crippen LogP contribution in [-0.2, 0) is 16.6 Å². The molecule has 0 saturated carbocycles. The predicted molar refractivity (Wildman–Crippen MR) is 118 cm³/mol. The fourth-order valence-electron chi connectivity index (χ4n) is 3.99. The Morgan fingerprint density at radius 2 is 1.67 bits per heavy atom. The van der Waals surface area contributed by atoms with Gasteiger partial charge in [-0.3, -0.25) is 14.4 Å². The molecule has 0 unspecified atom stereocenters. The number of nitrogens with one attached hydrogen (secondary N) is 2. The van der Waals surface area contributed by atoms with Gasteiger partial charge in [-0.05, 0) is 49.7 Å². The summed E-state index contributed by atoms with van der Waals surface area (Å²) in [6, 6.07) is 12.9. The normalized spacial score (nSPS) is 13.7. The summed E-state index contributed by atoms with van der Waals surface area (Å²) in [6.45, 7) is 4.05. The van der Waals surface area contributed by atoms with Gasteiger partial charge in [-0.2, -0.15) is 0 Å². The summed E-state index contributed by atoms with van der Waals surface area (Å²) in [5, 5.41) is 6.53. The largest absolute Gasteiger partial charge is 0.338 e. The summed E-state index contributed by atoms with van der Waals surface area (Å²) in [7, 11) is 1.84. The topological polar surface area (TPSA) is 83.4 Å². The lowest BCUT2D eigenvalue weighted by molar-refractivity contribution is -0.117. The number of hydrogen-bond acceptors (Lipinski definition) is 3. The Kier molecular flexibility index (Phi) is 5.03. The molecular weight excluding hydrogens is 380 g/mol. The van der Waals surface area contributed by atoms with E-state index in [9.17, 15) is 14.4 Å². The van der Waals surface area contributed by atoms with Crippen LogP contribution in [0.25, 0.3) is 10.9 Å². The molecule has 1 aromatic heterocycles. The Morgan fingerprint density at radius 1 is 1.00 bits per heavy atom. The molecule has 154 valence electrons. The minimum atomic E-state index is -0.284. The van der Waals surface area contributed by atoms with Gasteiger partial charge in [0.1, 0.15) is 5.69 Å². The highest BCUT2D eigenvalue weighted by molar-refractivity contribution is 6.17. The van der Waals surface area contributed by atoms with E-state index in [0.717, 1.165) is 22.9 Å². The van der Waals surface area contributed by atoms with Crippen LogP contribution in [-0.4, -0.2) is 28.8 Å². The Balaban J connectivity index is 1.74. The number of amides is 3. The zero-order valence-electron chi connectivity index (χ0n) is 17.3. The Bertz CT molecular complexity index is 1160. The van der Waals surface area contributed by atoms with Gasteiger partial charge in [0, 0.05) is 43.7 Å². The third-order valence-corrected chi connectivity index (χ3v) is 5.35. The molecule has 4 rings (SSSR count). The van der Waals surface area contributed by atoms with Crippen molar-refractivity contribution in [2.45, 2.75) is 26.7 Å². The lowest BCUT2D eigenvalue weighted by Gasteiger charge is -2.18. The van der Waals surface area contributed by atoms with Gasteiger partial charge in [-0.15, -0.1) is 0 Å². The molecule has 7 nitrogen and oxygen atoms in total. The van der Waals surface area contributed by atoms with E-state index >= 15 is 0 Å². The van der Waals surface area contributed by atoms with E-state index in [1.165, 1.54) is 6.92 Å². The minimum absolute atomic E-state index is 0.0396. The third-order valence-electron chi connectivity index (χ3n) is 5.35. The van der Waals surface area contributed by atoms with Crippen molar-refractivity contribution in [2.24, 2.45) is 7.05 Å². The summed E-state index contributed by atoms with van der Waals surface area (Å²) in [5.41, 5.74) is 4.36. The van der Waals surface area contributed by atoms with Gasteiger partial charge in [0.15, 0.2) is 0 Å². The Morgan fingerprint density at radius 3 is 2.27 bits per heavy atom. The maximum atomic E-state index is 13.3. The average molecular weight is 404 g/mol. The van der Waals surface area contributed by atoms with E-state index in [1.807, 2.05) is 36.7 Å². The highest BCUT2D eigenvalue weighted by atomic mass is 16.2. The molecule has 3 amide bonds. The second-order valence-corrected chi connectivity index (χ2v) is 7.64. The number of fused-ring (bicyclic) bond motifs is 1. The highest BCUT2D eigenvalue weighted by Crippen LogP contribution is 2.37. The average Bonchev–Trinajstić information content (AvgIpc) is 3.23. The molecule has 0 aliphatic carbocycles. The van der Waals surface area contributed by atoms with Gasteiger partial charge in [0.05, 0.1) is 11.2 Å². The van der Waals surface area contributed by atoms with E-state index in [-0.39, 0.29) is 17.7 Å². The molecule has 1 saturated heterocycles. The molecule has 2 N–H and O–H groups in total. The van der Waals surface area contributed by atoms with Gasteiger partial charge >= 0.3 is 0 Å². The highest BCUT2D eigenvalue weighted by Gasteiger charge is 2.31. The molecule has 1 fully saturated rings. The first-order valence-electron chi connectivity index (χ1n) is 9.93. The van der Waals surface area contributed by atoms with E-state index in [0.29, 0.717) is 35.7 Å². The number of aryl methyl sites for hydroxylation is 2. The maximum Gasteiger partial charge on any atom is 0.274 e. The summed E-state index contributed by atoms with van der Waals surface area (Å²) in [6.07, 6.45) is 1.28. The zero-order valence-corrected chi connectivity index (χ0v) is 17.3. The van der Waals surface area contributed by atoms with Crippen molar-refractivity contribution in [3.8, 4) is 0 Å². The molecule has 0 bridgehead atoms. The number of nitrogens with zero attached hydrogens (tertiary/aromatic N) is 2. The predicted octanol–water partition coefficient (Wildman–Crippen LogP) is 3.82. The van der Waals surface area contributed by atoms with Crippen molar-refractivity contribution >= 4 is 45.7 Å². The maximum absolute atomic E-state index is 13.3. The van der Waals surface area contributed by atoms with Gasteiger partial charge in [-0.1, -0.05) is 11.6 Å². The molecular formula is C23H24N4O3. The van der Waals surface area contributed by atoms with Crippen LogP contribution < -0.4 is 15.5 Å². The zero-order chi connectivity index (χ0) is 21.4. The molecule has 30 heavy (non-hydrogen) atoms. The lowest BCUT2D eigenvalue weighted by atomic mass is 10.1. The van der Waals surface area contributed by atoms with Crippen LogP contribution >= 0.6 is 0 Å². The van der Waals surface area contributed by atoms with Gasteiger partial charge in [0.25, 0.3) is 5.91 Å². The molecule has 2 aromatic carbocycles. The van der Waals surface area contributed by atoms with Crippen molar-refractivity contribution in [3.63, 3.8) is 0 Å². The van der Waals surface area contributed by atoms with Crippen LogP contribution in [0.1, 0.15) is 35.8 Å². The van der Waals surface area contributed by atoms with Crippen molar-refractivity contribution in [3.05, 3.63) is 53.7 Å². The summed E-state index contributed by atoms with van der Waals surface area (Å²) in [4.78, 5) is 38.7. The standard InChI is InChI=1S/C23H24N4O3/c1-14-6-11-19-18(13-14)21(27-12-4-5-20(27)29)22(26(19)3)23(30)25-17-9-7-16(8-10-17)24-15(2)28/h6-11,13H,4-5,12H2,1-3H3,(H,24,28)(H,25,30). The number of carbonyl (C=O) groups excluding carboxylic acids is 3. The van der Waals surface area contributed by atoms with Crippen LogP contribution in [0, 0.1) is 6.92 Å². The number of anilines is 3. The van der Waals surface area contributed by atoms with Crippen LogP contribution in [0.5, 0.6) is 0 Å². The minimum Gasteiger partial charge on any atom is -0.338 e. The fourth-order valence-corrected chi connectivity index (χ4v) is 3.99. The summed E-state index contributed by atoms with van der Waals surface area (Å²) < 4.78 is 1.84. The molecule has 7 heteroatoms. The van der Waals surface area contributed by atoms with E-state index < -0.39 is 0 Å². The van der Waals surface area contributed by atoms with Crippen LogP contribution in [0.4, 0.5) is 17.1 Å². The lowest BCUT2D eigenvalue weighted by Crippen LogP contribution is -2.27. The number of hydrogen-bond donors (Lipinski definition) is 2. The van der Waals surface area contributed by atoms with Crippen molar-refractivity contribution in [1.29, 1.82) is 0 Å². The molecule has 1 aliphatic rings. The number of carbonyl (C=O) groups is 3. The van der Waals surface area contributed by atoms with Gasteiger partial charge in [-0.25, -0.2) is 0 Å². The molecule has 0 spiro atoms. The number of rotatable bonds is 4. The summed E-state index contributed by atoms with van der Waals surface area (Å²) >= 11 is 0. The quantitative estimate of drug-likeness (QED) is 0.693.